The average molecular weight is 304 g/mol. The zero-order valence-electron chi connectivity index (χ0n) is 12.7. The molecule has 1 aromatic carbocycles. The number of rotatable bonds is 6. The van der Waals surface area contributed by atoms with Gasteiger partial charge in [-0.15, -0.1) is 0 Å². The molecule has 2 rings (SSSR count). The van der Waals surface area contributed by atoms with Crippen LogP contribution in [0.25, 0.3) is 0 Å². The standard InChI is InChI=1S/C15H20N4O3/c1-3-21-11-6-9(7-12(13(11)20)22-4-2)5-10-8-18-15(17)19-14(10)16/h6-8,20H,3-5H2,1-2H3,(H4,16,17,18,19). The number of phenols is 1. The Bertz CT molecular complexity index is 634. The number of hydrogen-bond donors (Lipinski definition) is 3. The third-order valence-electron chi connectivity index (χ3n) is 3.01. The van der Waals surface area contributed by atoms with Crippen LogP contribution >= 0.6 is 0 Å². The number of nitrogens with zero attached hydrogens (tertiary/aromatic N) is 2. The summed E-state index contributed by atoms with van der Waals surface area (Å²) in [5.74, 6) is 1.21. The summed E-state index contributed by atoms with van der Waals surface area (Å²) in [6.45, 7) is 4.57. The van der Waals surface area contributed by atoms with Crippen LogP contribution in [0, 0.1) is 0 Å². The molecule has 0 aliphatic carbocycles. The van der Waals surface area contributed by atoms with Crippen molar-refractivity contribution in [3.8, 4) is 17.2 Å². The molecule has 0 aliphatic heterocycles. The van der Waals surface area contributed by atoms with Crippen molar-refractivity contribution in [2.45, 2.75) is 20.3 Å². The van der Waals surface area contributed by atoms with Crippen molar-refractivity contribution in [3.63, 3.8) is 0 Å². The average Bonchev–Trinajstić information content (AvgIpc) is 2.47. The highest BCUT2D eigenvalue weighted by molar-refractivity contribution is 5.54. The fraction of sp³-hybridized carbons (Fsp3) is 0.333. The molecule has 1 heterocycles. The summed E-state index contributed by atoms with van der Waals surface area (Å²) in [6, 6.07) is 3.49. The highest BCUT2D eigenvalue weighted by atomic mass is 16.5. The Labute approximate surface area is 128 Å². The van der Waals surface area contributed by atoms with Crippen molar-refractivity contribution < 1.29 is 14.6 Å². The maximum absolute atomic E-state index is 10.1. The van der Waals surface area contributed by atoms with Crippen LogP contribution in [-0.4, -0.2) is 28.3 Å². The van der Waals surface area contributed by atoms with Crippen molar-refractivity contribution in [1.29, 1.82) is 0 Å². The van der Waals surface area contributed by atoms with E-state index in [4.69, 9.17) is 20.9 Å². The first-order chi connectivity index (χ1) is 10.5. The van der Waals surface area contributed by atoms with E-state index in [-0.39, 0.29) is 11.7 Å². The molecule has 2 aromatic rings. The van der Waals surface area contributed by atoms with Crippen LogP contribution in [0.3, 0.4) is 0 Å². The summed E-state index contributed by atoms with van der Waals surface area (Å²) in [5, 5.41) is 10.1. The van der Waals surface area contributed by atoms with E-state index >= 15 is 0 Å². The van der Waals surface area contributed by atoms with Gasteiger partial charge in [-0.25, -0.2) is 4.98 Å². The van der Waals surface area contributed by atoms with Gasteiger partial charge in [0.15, 0.2) is 11.5 Å². The Hall–Kier alpha value is -2.70. The monoisotopic (exact) mass is 304 g/mol. The third kappa shape index (κ3) is 3.49. The van der Waals surface area contributed by atoms with Gasteiger partial charge in [-0.3, -0.25) is 0 Å². The van der Waals surface area contributed by atoms with Crippen LogP contribution in [0.4, 0.5) is 11.8 Å². The molecule has 5 N–H and O–H groups in total. The Morgan fingerprint density at radius 1 is 1.09 bits per heavy atom. The molecule has 0 spiro atoms. The second kappa shape index (κ2) is 6.84. The summed E-state index contributed by atoms with van der Waals surface area (Å²) in [5.41, 5.74) is 12.9. The summed E-state index contributed by atoms with van der Waals surface area (Å²) < 4.78 is 10.9. The first-order valence-corrected chi connectivity index (χ1v) is 7.03. The van der Waals surface area contributed by atoms with Gasteiger partial charge in [-0.05, 0) is 31.5 Å². The molecule has 0 unspecified atom stereocenters. The molecule has 0 atom stereocenters. The van der Waals surface area contributed by atoms with Crippen molar-refractivity contribution in [1.82, 2.24) is 9.97 Å². The molecule has 0 aliphatic rings. The number of hydrogen-bond acceptors (Lipinski definition) is 7. The molecule has 0 bridgehead atoms. The SMILES string of the molecule is CCOc1cc(Cc2cnc(N)nc2N)cc(OCC)c1O. The van der Waals surface area contributed by atoms with Crippen LogP contribution in [0.5, 0.6) is 17.2 Å². The van der Waals surface area contributed by atoms with E-state index in [9.17, 15) is 5.11 Å². The number of phenolic OH excluding ortho intramolecular Hbond substituents is 1. The Morgan fingerprint density at radius 2 is 1.68 bits per heavy atom. The van der Waals surface area contributed by atoms with Gasteiger partial charge in [0.1, 0.15) is 5.82 Å². The Balaban J connectivity index is 2.37. The fourth-order valence-corrected chi connectivity index (χ4v) is 2.06. The molecule has 7 nitrogen and oxygen atoms in total. The van der Waals surface area contributed by atoms with Crippen molar-refractivity contribution in [3.05, 3.63) is 29.5 Å². The second-order valence-corrected chi connectivity index (χ2v) is 4.62. The summed E-state index contributed by atoms with van der Waals surface area (Å²) in [7, 11) is 0. The van der Waals surface area contributed by atoms with Crippen LogP contribution in [-0.2, 0) is 6.42 Å². The maximum atomic E-state index is 10.1. The first kappa shape index (κ1) is 15.7. The number of aromatic hydroxyl groups is 1. The van der Waals surface area contributed by atoms with E-state index in [1.54, 1.807) is 18.3 Å². The number of nitrogens with two attached hydrogens (primary N) is 2. The molecule has 0 fully saturated rings. The molecule has 1 aromatic heterocycles. The number of anilines is 2. The molecule has 7 heteroatoms. The molecule has 0 amide bonds. The van der Waals surface area contributed by atoms with E-state index in [2.05, 4.69) is 9.97 Å². The van der Waals surface area contributed by atoms with Crippen molar-refractivity contribution in [2.24, 2.45) is 0 Å². The number of ether oxygens (including phenoxy) is 2. The van der Waals surface area contributed by atoms with E-state index in [1.165, 1.54) is 0 Å². The van der Waals surface area contributed by atoms with Crippen LogP contribution in [0.1, 0.15) is 25.0 Å². The van der Waals surface area contributed by atoms with E-state index in [0.717, 1.165) is 11.1 Å². The second-order valence-electron chi connectivity index (χ2n) is 4.62. The lowest BCUT2D eigenvalue weighted by Gasteiger charge is -2.14. The summed E-state index contributed by atoms with van der Waals surface area (Å²) >= 11 is 0. The van der Waals surface area contributed by atoms with Crippen molar-refractivity contribution >= 4 is 11.8 Å². The summed E-state index contributed by atoms with van der Waals surface area (Å²) in [6.07, 6.45) is 2.07. The molecule has 0 saturated carbocycles. The summed E-state index contributed by atoms with van der Waals surface area (Å²) in [4.78, 5) is 7.88. The van der Waals surface area contributed by atoms with Gasteiger partial charge >= 0.3 is 0 Å². The quantitative estimate of drug-likeness (QED) is 0.744. The van der Waals surface area contributed by atoms with Gasteiger partial charge in [-0.1, -0.05) is 0 Å². The minimum atomic E-state index is -0.00558. The first-order valence-electron chi connectivity index (χ1n) is 7.03. The van der Waals surface area contributed by atoms with Gasteiger partial charge < -0.3 is 26.0 Å². The predicted molar refractivity (Wildman–Crippen MR) is 84.1 cm³/mol. The van der Waals surface area contributed by atoms with Gasteiger partial charge in [-0.2, -0.15) is 4.98 Å². The van der Waals surface area contributed by atoms with E-state index in [1.807, 2.05) is 13.8 Å². The van der Waals surface area contributed by atoms with Gasteiger partial charge in [0, 0.05) is 18.2 Å². The van der Waals surface area contributed by atoms with E-state index < -0.39 is 0 Å². The largest absolute Gasteiger partial charge is 0.502 e. The van der Waals surface area contributed by atoms with Gasteiger partial charge in [0.05, 0.1) is 13.2 Å². The molecule has 0 radical (unpaired) electrons. The molecular formula is C15H20N4O3. The lowest BCUT2D eigenvalue weighted by molar-refractivity contribution is 0.289. The van der Waals surface area contributed by atoms with E-state index in [0.29, 0.717) is 37.0 Å². The zero-order chi connectivity index (χ0) is 16.1. The lowest BCUT2D eigenvalue weighted by atomic mass is 10.1. The Morgan fingerprint density at radius 3 is 2.18 bits per heavy atom. The fourth-order valence-electron chi connectivity index (χ4n) is 2.06. The minimum absolute atomic E-state index is 0.00558. The number of benzene rings is 1. The molecule has 0 saturated heterocycles. The topological polar surface area (TPSA) is 117 Å². The van der Waals surface area contributed by atoms with Crippen LogP contribution in [0.2, 0.25) is 0 Å². The third-order valence-corrected chi connectivity index (χ3v) is 3.01. The molecule has 118 valence electrons. The highest BCUT2D eigenvalue weighted by Crippen LogP contribution is 2.38. The van der Waals surface area contributed by atoms with Crippen LogP contribution in [0.15, 0.2) is 18.3 Å². The highest BCUT2D eigenvalue weighted by Gasteiger charge is 2.14. The minimum Gasteiger partial charge on any atom is -0.502 e. The Kier molecular flexibility index (Phi) is 4.88. The van der Waals surface area contributed by atoms with Crippen molar-refractivity contribution in [2.75, 3.05) is 24.7 Å². The molecular weight excluding hydrogens is 284 g/mol. The smallest absolute Gasteiger partial charge is 0.221 e. The van der Waals surface area contributed by atoms with Gasteiger partial charge in [0.25, 0.3) is 0 Å². The zero-order valence-corrected chi connectivity index (χ0v) is 12.7. The number of nitrogen functional groups attached to an aromatic ring is 2. The van der Waals surface area contributed by atoms with Gasteiger partial charge in [0.2, 0.25) is 11.7 Å². The normalized spacial score (nSPS) is 10.5. The lowest BCUT2D eigenvalue weighted by Crippen LogP contribution is -2.04. The predicted octanol–water partition coefficient (Wildman–Crippen LogP) is 1.73. The molecule has 22 heavy (non-hydrogen) atoms. The van der Waals surface area contributed by atoms with Crippen LogP contribution < -0.4 is 20.9 Å². The number of aromatic nitrogens is 2. The maximum Gasteiger partial charge on any atom is 0.221 e.